The van der Waals surface area contributed by atoms with Crippen molar-refractivity contribution in [2.24, 2.45) is 7.05 Å². The SMILES string of the molecule is Cc1c(-c2n[nH]c(=S)n2C)cccc1[N+](=O)[O-]. The Morgan fingerprint density at radius 3 is 2.76 bits per heavy atom. The maximum Gasteiger partial charge on any atom is 0.273 e. The molecule has 2 aromatic rings. The van der Waals surface area contributed by atoms with E-state index in [-0.39, 0.29) is 5.69 Å². The summed E-state index contributed by atoms with van der Waals surface area (Å²) in [6.07, 6.45) is 0. The summed E-state index contributed by atoms with van der Waals surface area (Å²) < 4.78 is 2.16. The van der Waals surface area contributed by atoms with Crippen LogP contribution in [0.2, 0.25) is 0 Å². The van der Waals surface area contributed by atoms with Gasteiger partial charge in [-0.3, -0.25) is 15.2 Å². The van der Waals surface area contributed by atoms with Gasteiger partial charge in [0.1, 0.15) is 0 Å². The van der Waals surface area contributed by atoms with Crippen LogP contribution in [0.5, 0.6) is 0 Å². The molecule has 0 aliphatic rings. The van der Waals surface area contributed by atoms with Gasteiger partial charge in [0, 0.05) is 24.2 Å². The van der Waals surface area contributed by atoms with Crippen molar-refractivity contribution in [3.05, 3.63) is 38.6 Å². The predicted molar refractivity (Wildman–Crippen MR) is 65.2 cm³/mol. The van der Waals surface area contributed by atoms with Gasteiger partial charge < -0.3 is 4.57 Å². The molecule has 0 fully saturated rings. The zero-order chi connectivity index (χ0) is 12.6. The van der Waals surface area contributed by atoms with E-state index in [1.165, 1.54) is 6.07 Å². The van der Waals surface area contributed by atoms with E-state index in [4.69, 9.17) is 12.2 Å². The van der Waals surface area contributed by atoms with E-state index >= 15 is 0 Å². The van der Waals surface area contributed by atoms with Crippen LogP contribution in [0, 0.1) is 21.8 Å². The molecule has 0 spiro atoms. The number of nitrogens with zero attached hydrogens (tertiary/aromatic N) is 3. The Kier molecular flexibility index (Phi) is 2.76. The van der Waals surface area contributed by atoms with Crippen molar-refractivity contribution in [1.82, 2.24) is 14.8 Å². The van der Waals surface area contributed by atoms with Crippen LogP contribution < -0.4 is 0 Å². The van der Waals surface area contributed by atoms with Crippen molar-refractivity contribution in [2.45, 2.75) is 6.92 Å². The normalized spacial score (nSPS) is 10.5. The molecule has 0 bridgehead atoms. The Morgan fingerprint density at radius 2 is 2.24 bits per heavy atom. The van der Waals surface area contributed by atoms with E-state index < -0.39 is 4.92 Å². The molecule has 88 valence electrons. The van der Waals surface area contributed by atoms with E-state index in [2.05, 4.69) is 10.2 Å². The Hall–Kier alpha value is -2.02. The van der Waals surface area contributed by atoms with Crippen LogP contribution in [-0.2, 0) is 7.05 Å². The second-order valence-corrected chi connectivity index (χ2v) is 4.00. The number of aromatic amines is 1. The summed E-state index contributed by atoms with van der Waals surface area (Å²) in [4.78, 5) is 10.4. The van der Waals surface area contributed by atoms with Crippen LogP contribution >= 0.6 is 12.2 Å². The standard InChI is InChI=1S/C10H10N4O2S/c1-6-7(4-3-5-8(6)14(15)16)9-11-12-10(17)13(9)2/h3-5H,1-2H3,(H,12,17). The number of hydrogen-bond acceptors (Lipinski definition) is 4. The first-order chi connectivity index (χ1) is 8.02. The van der Waals surface area contributed by atoms with Gasteiger partial charge >= 0.3 is 0 Å². The lowest BCUT2D eigenvalue weighted by atomic mass is 10.1. The highest BCUT2D eigenvalue weighted by Gasteiger charge is 2.17. The fraction of sp³-hybridized carbons (Fsp3) is 0.200. The number of hydrogen-bond donors (Lipinski definition) is 1. The molecule has 1 heterocycles. The lowest BCUT2D eigenvalue weighted by molar-refractivity contribution is -0.385. The van der Waals surface area contributed by atoms with Crippen molar-refractivity contribution in [3.8, 4) is 11.4 Å². The molecular formula is C10H10N4O2S. The Labute approximate surface area is 102 Å². The summed E-state index contributed by atoms with van der Waals surface area (Å²) in [5.74, 6) is 0.594. The highest BCUT2D eigenvalue weighted by atomic mass is 32.1. The summed E-state index contributed by atoms with van der Waals surface area (Å²) in [5, 5.41) is 17.6. The van der Waals surface area contributed by atoms with Crippen LogP contribution in [0.25, 0.3) is 11.4 Å². The van der Waals surface area contributed by atoms with Crippen LogP contribution in [0.3, 0.4) is 0 Å². The van der Waals surface area contributed by atoms with E-state index in [0.29, 0.717) is 21.7 Å². The van der Waals surface area contributed by atoms with Gasteiger partial charge in [-0.25, -0.2) is 0 Å². The van der Waals surface area contributed by atoms with Gasteiger partial charge in [0.05, 0.1) is 4.92 Å². The Morgan fingerprint density at radius 1 is 1.53 bits per heavy atom. The maximum absolute atomic E-state index is 10.8. The molecule has 1 aromatic carbocycles. The average Bonchev–Trinajstić information content (AvgIpc) is 2.60. The van der Waals surface area contributed by atoms with Gasteiger partial charge in [-0.05, 0) is 19.1 Å². The van der Waals surface area contributed by atoms with Crippen LogP contribution in [0.1, 0.15) is 5.56 Å². The van der Waals surface area contributed by atoms with Crippen LogP contribution in [-0.4, -0.2) is 19.7 Å². The van der Waals surface area contributed by atoms with Crippen molar-refractivity contribution in [1.29, 1.82) is 0 Å². The number of rotatable bonds is 2. The lowest BCUT2D eigenvalue weighted by Crippen LogP contribution is -1.98. The molecule has 6 nitrogen and oxygen atoms in total. The minimum Gasteiger partial charge on any atom is -0.303 e. The topological polar surface area (TPSA) is 76.8 Å². The van der Waals surface area contributed by atoms with Crippen LogP contribution in [0.15, 0.2) is 18.2 Å². The molecule has 7 heteroatoms. The second kappa shape index (κ2) is 4.10. The Balaban J connectivity index is 2.69. The third-order valence-corrected chi connectivity index (χ3v) is 2.99. The fourth-order valence-electron chi connectivity index (χ4n) is 1.65. The third-order valence-electron chi connectivity index (χ3n) is 2.62. The molecule has 0 unspecified atom stereocenters. The second-order valence-electron chi connectivity index (χ2n) is 3.62. The van der Waals surface area contributed by atoms with Crippen molar-refractivity contribution >= 4 is 17.9 Å². The van der Waals surface area contributed by atoms with E-state index in [0.717, 1.165) is 0 Å². The lowest BCUT2D eigenvalue weighted by Gasteiger charge is -2.04. The monoisotopic (exact) mass is 250 g/mol. The zero-order valence-electron chi connectivity index (χ0n) is 9.30. The van der Waals surface area contributed by atoms with Gasteiger partial charge in [-0.2, -0.15) is 5.10 Å². The zero-order valence-corrected chi connectivity index (χ0v) is 10.1. The average molecular weight is 250 g/mol. The highest BCUT2D eigenvalue weighted by Crippen LogP contribution is 2.28. The summed E-state index contributed by atoms with van der Waals surface area (Å²) >= 11 is 5.01. The number of nitro benzene ring substituents is 1. The van der Waals surface area contributed by atoms with Gasteiger partial charge in [-0.15, -0.1) is 0 Å². The molecule has 0 radical (unpaired) electrons. The Bertz CT molecular complexity index is 644. The molecule has 0 aliphatic heterocycles. The maximum atomic E-state index is 10.8. The quantitative estimate of drug-likeness (QED) is 0.504. The molecule has 1 aromatic heterocycles. The number of nitrogens with one attached hydrogen (secondary N) is 1. The number of H-pyrrole nitrogens is 1. The van der Waals surface area contributed by atoms with E-state index in [1.807, 2.05) is 0 Å². The first kappa shape index (κ1) is 11.5. The minimum absolute atomic E-state index is 0.0800. The molecule has 0 atom stereocenters. The largest absolute Gasteiger partial charge is 0.303 e. The summed E-state index contributed by atoms with van der Waals surface area (Å²) in [6.45, 7) is 1.70. The summed E-state index contributed by atoms with van der Waals surface area (Å²) in [5.41, 5.74) is 1.36. The first-order valence-corrected chi connectivity index (χ1v) is 5.29. The van der Waals surface area contributed by atoms with Crippen molar-refractivity contribution < 1.29 is 4.92 Å². The van der Waals surface area contributed by atoms with E-state index in [1.54, 1.807) is 30.7 Å². The molecule has 2 rings (SSSR count). The third kappa shape index (κ3) is 1.84. The molecular weight excluding hydrogens is 240 g/mol. The van der Waals surface area contributed by atoms with Gasteiger partial charge in [0.2, 0.25) is 0 Å². The molecule has 17 heavy (non-hydrogen) atoms. The summed E-state index contributed by atoms with van der Waals surface area (Å²) in [6, 6.07) is 4.89. The fourth-order valence-corrected chi connectivity index (χ4v) is 1.78. The molecule has 0 aliphatic carbocycles. The molecule has 1 N–H and O–H groups in total. The van der Waals surface area contributed by atoms with Gasteiger partial charge in [-0.1, -0.05) is 12.1 Å². The molecule has 0 saturated heterocycles. The van der Waals surface area contributed by atoms with Crippen molar-refractivity contribution in [2.75, 3.05) is 0 Å². The first-order valence-electron chi connectivity index (χ1n) is 4.88. The van der Waals surface area contributed by atoms with Gasteiger partial charge in [0.25, 0.3) is 5.69 Å². The predicted octanol–water partition coefficient (Wildman–Crippen LogP) is 2.36. The number of aromatic nitrogens is 3. The van der Waals surface area contributed by atoms with Gasteiger partial charge in [0.15, 0.2) is 10.6 Å². The number of nitro groups is 1. The molecule has 0 saturated carbocycles. The minimum atomic E-state index is -0.403. The molecule has 0 amide bonds. The van der Waals surface area contributed by atoms with E-state index in [9.17, 15) is 10.1 Å². The smallest absolute Gasteiger partial charge is 0.273 e. The van der Waals surface area contributed by atoms with Crippen LogP contribution in [0.4, 0.5) is 5.69 Å². The number of benzene rings is 1. The van der Waals surface area contributed by atoms with Crippen molar-refractivity contribution in [3.63, 3.8) is 0 Å². The summed E-state index contributed by atoms with van der Waals surface area (Å²) in [7, 11) is 1.76. The highest BCUT2D eigenvalue weighted by molar-refractivity contribution is 7.71.